The highest BCUT2D eigenvalue weighted by Crippen LogP contribution is 2.42. The molecule has 1 heterocycles. The van der Waals surface area contributed by atoms with Gasteiger partial charge in [0.25, 0.3) is 0 Å². The molecule has 0 spiro atoms. The number of fused-ring (bicyclic) bond motifs is 1. The van der Waals surface area contributed by atoms with Crippen molar-refractivity contribution in [2.45, 2.75) is 36.1 Å². The van der Waals surface area contributed by atoms with E-state index in [-0.39, 0.29) is 17.3 Å². The molecule has 4 rings (SSSR count). The van der Waals surface area contributed by atoms with Crippen LogP contribution in [0.25, 0.3) is 0 Å². The Kier molecular flexibility index (Phi) is 5.25. The van der Waals surface area contributed by atoms with E-state index >= 15 is 0 Å². The van der Waals surface area contributed by atoms with E-state index in [1.165, 1.54) is 23.9 Å². The van der Waals surface area contributed by atoms with E-state index < -0.39 is 0 Å². The van der Waals surface area contributed by atoms with Crippen molar-refractivity contribution >= 4 is 17.7 Å². The summed E-state index contributed by atoms with van der Waals surface area (Å²) in [7, 11) is 0. The number of amides is 1. The van der Waals surface area contributed by atoms with Crippen LogP contribution in [0.5, 0.6) is 11.5 Å². The van der Waals surface area contributed by atoms with Crippen LogP contribution in [0.15, 0.2) is 47.4 Å². The normalized spacial score (nSPS) is 17.5. The third kappa shape index (κ3) is 4.05. The lowest BCUT2D eigenvalue weighted by Gasteiger charge is -2.32. The van der Waals surface area contributed by atoms with E-state index in [2.05, 4.69) is 5.32 Å². The van der Waals surface area contributed by atoms with E-state index in [0.717, 1.165) is 47.6 Å². The van der Waals surface area contributed by atoms with Crippen LogP contribution in [0.2, 0.25) is 0 Å². The van der Waals surface area contributed by atoms with Crippen molar-refractivity contribution in [1.29, 1.82) is 0 Å². The van der Waals surface area contributed by atoms with Crippen LogP contribution in [-0.2, 0) is 10.3 Å². The second kappa shape index (κ2) is 7.80. The topological polar surface area (TPSA) is 47.6 Å². The van der Waals surface area contributed by atoms with Crippen LogP contribution in [0, 0.1) is 5.82 Å². The monoisotopic (exact) mass is 387 g/mol. The van der Waals surface area contributed by atoms with Gasteiger partial charge in [0.1, 0.15) is 19.0 Å². The summed E-state index contributed by atoms with van der Waals surface area (Å²) in [6, 6.07) is 12.2. The average Bonchev–Trinajstić information content (AvgIpc) is 3.17. The van der Waals surface area contributed by atoms with Gasteiger partial charge in [0.15, 0.2) is 11.5 Å². The predicted octanol–water partition coefficient (Wildman–Crippen LogP) is 4.27. The Bertz CT molecular complexity index is 819. The molecular formula is C21H22FNO3S. The number of rotatable bonds is 5. The molecule has 1 aliphatic heterocycles. The van der Waals surface area contributed by atoms with Crippen LogP contribution in [0.4, 0.5) is 4.39 Å². The molecular weight excluding hydrogens is 365 g/mol. The third-order valence-corrected chi connectivity index (χ3v) is 6.13. The van der Waals surface area contributed by atoms with E-state index in [0.29, 0.717) is 19.0 Å². The fraction of sp³-hybridized carbons (Fsp3) is 0.381. The molecule has 4 nitrogen and oxygen atoms in total. The summed E-state index contributed by atoms with van der Waals surface area (Å²) in [4.78, 5) is 13.5. The second-order valence-corrected chi connectivity index (χ2v) is 7.99. The van der Waals surface area contributed by atoms with Gasteiger partial charge in [0.05, 0.1) is 11.3 Å². The maximum absolute atomic E-state index is 13.0. The summed E-state index contributed by atoms with van der Waals surface area (Å²) in [5, 5.41) is 3.27. The molecule has 2 aromatic rings. The smallest absolute Gasteiger partial charge is 0.231 e. The number of carbonyl (C=O) groups excluding carboxylic acids is 1. The van der Waals surface area contributed by atoms with E-state index in [9.17, 15) is 9.18 Å². The molecule has 0 aromatic heterocycles. The molecule has 2 aromatic carbocycles. The lowest BCUT2D eigenvalue weighted by atomic mass is 9.87. The van der Waals surface area contributed by atoms with Crippen molar-refractivity contribution in [1.82, 2.24) is 5.32 Å². The lowest BCUT2D eigenvalue weighted by Crippen LogP contribution is -2.44. The first-order chi connectivity index (χ1) is 13.1. The third-order valence-electron chi connectivity index (χ3n) is 5.11. The zero-order valence-corrected chi connectivity index (χ0v) is 15.8. The van der Waals surface area contributed by atoms with Crippen LogP contribution >= 0.6 is 11.8 Å². The molecule has 142 valence electrons. The van der Waals surface area contributed by atoms with Gasteiger partial charge in [-0.25, -0.2) is 4.39 Å². The molecule has 1 amide bonds. The Balaban J connectivity index is 1.47. The Morgan fingerprint density at radius 2 is 1.74 bits per heavy atom. The fourth-order valence-corrected chi connectivity index (χ4v) is 4.49. The predicted molar refractivity (Wildman–Crippen MR) is 103 cm³/mol. The minimum absolute atomic E-state index is 0.0129. The summed E-state index contributed by atoms with van der Waals surface area (Å²) in [5.74, 6) is 1.53. The first-order valence-corrected chi connectivity index (χ1v) is 10.2. The minimum atomic E-state index is -0.351. The Hall–Kier alpha value is -2.21. The van der Waals surface area contributed by atoms with Gasteiger partial charge in [0.2, 0.25) is 5.91 Å². The number of hydrogen-bond donors (Lipinski definition) is 1. The molecule has 0 unspecified atom stereocenters. The van der Waals surface area contributed by atoms with Gasteiger partial charge in [-0.05, 0) is 54.8 Å². The van der Waals surface area contributed by atoms with Gasteiger partial charge in [-0.3, -0.25) is 4.79 Å². The maximum atomic E-state index is 13.0. The van der Waals surface area contributed by atoms with Crippen LogP contribution in [0.3, 0.4) is 0 Å². The van der Waals surface area contributed by atoms with Gasteiger partial charge >= 0.3 is 0 Å². The number of thioether (sulfide) groups is 1. The summed E-state index contributed by atoms with van der Waals surface area (Å²) in [6.07, 6.45) is 4.00. The van der Waals surface area contributed by atoms with Gasteiger partial charge < -0.3 is 14.8 Å². The SMILES string of the molecule is O=C(CSc1ccc(F)cc1)NC1(c2ccc3c(c2)OCCO3)CCCC1. The van der Waals surface area contributed by atoms with Crippen LogP contribution in [0.1, 0.15) is 31.2 Å². The highest BCUT2D eigenvalue weighted by molar-refractivity contribution is 8.00. The summed E-state index contributed by atoms with van der Waals surface area (Å²) < 4.78 is 24.3. The number of halogens is 1. The summed E-state index contributed by atoms with van der Waals surface area (Å²) >= 11 is 1.41. The van der Waals surface area contributed by atoms with Gasteiger partial charge in [0, 0.05) is 4.90 Å². The van der Waals surface area contributed by atoms with Crippen molar-refractivity contribution in [3.63, 3.8) is 0 Å². The molecule has 27 heavy (non-hydrogen) atoms. The van der Waals surface area contributed by atoms with Crippen molar-refractivity contribution in [2.24, 2.45) is 0 Å². The highest BCUT2D eigenvalue weighted by Gasteiger charge is 2.37. The average molecular weight is 387 g/mol. The summed E-state index contributed by atoms with van der Waals surface area (Å²) in [6.45, 7) is 1.11. The standard InChI is InChI=1S/C21H22FNO3S/c22-16-4-6-17(7-5-16)27-14-20(24)23-21(9-1-2-10-21)15-3-8-18-19(13-15)26-12-11-25-18/h3-8,13H,1-2,9-12,14H2,(H,23,24). The zero-order chi connectivity index (χ0) is 18.7. The Labute approximate surface area is 162 Å². The molecule has 0 bridgehead atoms. The van der Waals surface area contributed by atoms with Crippen molar-refractivity contribution in [2.75, 3.05) is 19.0 Å². The van der Waals surface area contributed by atoms with Crippen molar-refractivity contribution < 1.29 is 18.7 Å². The number of carbonyl (C=O) groups is 1. The van der Waals surface area contributed by atoms with Crippen LogP contribution in [-0.4, -0.2) is 24.9 Å². The lowest BCUT2D eigenvalue weighted by molar-refractivity contribution is -0.120. The minimum Gasteiger partial charge on any atom is -0.486 e. The molecule has 0 radical (unpaired) electrons. The van der Waals surface area contributed by atoms with Crippen LogP contribution < -0.4 is 14.8 Å². The van der Waals surface area contributed by atoms with Gasteiger partial charge in [-0.2, -0.15) is 0 Å². The van der Waals surface area contributed by atoms with E-state index in [4.69, 9.17) is 9.47 Å². The largest absolute Gasteiger partial charge is 0.486 e. The van der Waals surface area contributed by atoms with Crippen molar-refractivity contribution in [3.8, 4) is 11.5 Å². The van der Waals surface area contributed by atoms with Gasteiger partial charge in [-0.1, -0.05) is 18.9 Å². The van der Waals surface area contributed by atoms with E-state index in [1.807, 2.05) is 18.2 Å². The van der Waals surface area contributed by atoms with Crippen molar-refractivity contribution in [3.05, 3.63) is 53.8 Å². The molecule has 0 atom stereocenters. The fourth-order valence-electron chi connectivity index (χ4n) is 3.79. The second-order valence-electron chi connectivity index (χ2n) is 6.94. The molecule has 6 heteroatoms. The zero-order valence-electron chi connectivity index (χ0n) is 15.0. The number of hydrogen-bond acceptors (Lipinski definition) is 4. The van der Waals surface area contributed by atoms with E-state index in [1.54, 1.807) is 12.1 Å². The first kappa shape index (κ1) is 18.2. The molecule has 1 aliphatic carbocycles. The highest BCUT2D eigenvalue weighted by atomic mass is 32.2. The molecule has 1 N–H and O–H groups in total. The Morgan fingerprint density at radius 3 is 2.48 bits per heavy atom. The quantitative estimate of drug-likeness (QED) is 0.778. The molecule has 1 saturated carbocycles. The molecule has 2 aliphatic rings. The molecule has 1 fully saturated rings. The summed E-state index contributed by atoms with van der Waals surface area (Å²) in [5.41, 5.74) is 0.723. The molecule has 0 saturated heterocycles. The number of nitrogens with one attached hydrogen (secondary N) is 1. The van der Waals surface area contributed by atoms with Gasteiger partial charge in [-0.15, -0.1) is 11.8 Å². The maximum Gasteiger partial charge on any atom is 0.231 e. The Morgan fingerprint density at radius 1 is 1.04 bits per heavy atom. The first-order valence-electron chi connectivity index (χ1n) is 9.24. The number of benzene rings is 2. The number of ether oxygens (including phenoxy) is 2.